The third-order valence-corrected chi connectivity index (χ3v) is 5.38. The molecule has 162 valence electrons. The number of fused-ring (bicyclic) bond motifs is 2. The summed E-state index contributed by atoms with van der Waals surface area (Å²) in [4.78, 5) is 39.8. The molecule has 4 heterocycles. The molecule has 0 spiro atoms. The van der Waals surface area contributed by atoms with Crippen LogP contribution < -0.4 is 10.6 Å². The lowest BCUT2D eigenvalue weighted by Crippen LogP contribution is -2.30. The summed E-state index contributed by atoms with van der Waals surface area (Å²) in [6.45, 7) is 1.73. The van der Waals surface area contributed by atoms with Crippen LogP contribution in [0, 0.1) is 5.82 Å². The van der Waals surface area contributed by atoms with Gasteiger partial charge in [0.05, 0.1) is 22.1 Å². The van der Waals surface area contributed by atoms with Crippen molar-refractivity contribution in [2.45, 2.75) is 25.8 Å². The summed E-state index contributed by atoms with van der Waals surface area (Å²) in [7, 11) is 0. The number of hydrogen-bond donors (Lipinski definition) is 3. The second-order valence-electron chi connectivity index (χ2n) is 7.28. The van der Waals surface area contributed by atoms with Crippen LogP contribution in [-0.2, 0) is 11.2 Å². The van der Waals surface area contributed by atoms with Crippen molar-refractivity contribution in [3.8, 4) is 11.5 Å². The van der Waals surface area contributed by atoms with Crippen molar-refractivity contribution >= 4 is 40.3 Å². The predicted molar refractivity (Wildman–Crippen MR) is 111 cm³/mol. The first-order chi connectivity index (χ1) is 15.4. The molecule has 3 N–H and O–H groups in total. The van der Waals surface area contributed by atoms with Gasteiger partial charge in [-0.2, -0.15) is 0 Å². The molecule has 0 radical (unpaired) electrons. The molecule has 0 bridgehead atoms. The average Bonchev–Trinajstić information content (AvgIpc) is 3.40. The Kier molecular flexibility index (Phi) is 4.82. The van der Waals surface area contributed by atoms with E-state index in [1.165, 1.54) is 18.5 Å². The number of anilines is 1. The molecule has 1 aliphatic rings. The number of aromatic nitrogens is 5. The molecule has 4 aromatic rings. The fourth-order valence-corrected chi connectivity index (χ4v) is 3.61. The largest absolute Gasteiger partial charge is 0.358 e. The van der Waals surface area contributed by atoms with Crippen LogP contribution in [0.15, 0.2) is 29.0 Å². The highest BCUT2D eigenvalue weighted by molar-refractivity contribution is 6.31. The molecule has 3 aromatic heterocycles. The van der Waals surface area contributed by atoms with Gasteiger partial charge < -0.3 is 20.1 Å². The number of halogens is 2. The summed E-state index contributed by atoms with van der Waals surface area (Å²) in [6.07, 6.45) is 1.86. The molecular weight excluding hydrogens is 441 g/mol. The maximum Gasteiger partial charge on any atom is 0.270 e. The van der Waals surface area contributed by atoms with E-state index in [4.69, 9.17) is 16.1 Å². The predicted octanol–water partition coefficient (Wildman–Crippen LogP) is 3.18. The fourth-order valence-electron chi connectivity index (χ4n) is 3.45. The van der Waals surface area contributed by atoms with Gasteiger partial charge in [-0.25, -0.2) is 19.3 Å². The van der Waals surface area contributed by atoms with E-state index in [1.807, 2.05) is 0 Å². The molecule has 5 rings (SSSR count). The first-order valence-corrected chi connectivity index (χ1v) is 10.0. The second kappa shape index (κ2) is 7.68. The van der Waals surface area contributed by atoms with Crippen LogP contribution >= 0.6 is 11.6 Å². The minimum atomic E-state index is -0.557. The van der Waals surface area contributed by atoms with Gasteiger partial charge in [0, 0.05) is 24.1 Å². The maximum absolute atomic E-state index is 13.7. The van der Waals surface area contributed by atoms with Gasteiger partial charge in [0.2, 0.25) is 5.91 Å². The quantitative estimate of drug-likeness (QED) is 0.429. The number of aromatic amines is 1. The molecular formula is C20H15ClFN7O3. The van der Waals surface area contributed by atoms with E-state index in [2.05, 4.69) is 35.7 Å². The highest BCUT2D eigenvalue weighted by Crippen LogP contribution is 2.27. The van der Waals surface area contributed by atoms with E-state index in [1.54, 1.807) is 13.0 Å². The SMILES string of the molecule is C[C@@H](NC(=O)c1ncnc2c1CCC(=O)N2)c1cc(-c2nc3cc(Cl)c(F)cc3[nH]2)no1. The van der Waals surface area contributed by atoms with Crippen molar-refractivity contribution < 1.29 is 18.5 Å². The van der Waals surface area contributed by atoms with Gasteiger partial charge in [-0.1, -0.05) is 16.8 Å². The standard InChI is InChI=1S/C20H15ClFN7O3/c1-8(25-20(31)17-9-2-3-16(30)28-18(9)24-7-23-17)15-6-14(29-32-15)19-26-12-4-10(21)11(22)5-13(12)27-19/h4-8H,2-3H2,1H3,(H,25,31)(H,26,27)(H,23,24,28,30)/t8-/m1/s1. The Labute approximate surface area is 184 Å². The van der Waals surface area contributed by atoms with Gasteiger partial charge in [0.25, 0.3) is 5.91 Å². The summed E-state index contributed by atoms with van der Waals surface area (Å²) in [5.41, 5.74) is 2.11. The molecule has 2 amide bonds. The van der Waals surface area contributed by atoms with Crippen molar-refractivity contribution in [3.63, 3.8) is 0 Å². The van der Waals surface area contributed by atoms with Gasteiger partial charge in [0.15, 0.2) is 11.6 Å². The summed E-state index contributed by atoms with van der Waals surface area (Å²) >= 11 is 5.81. The van der Waals surface area contributed by atoms with Gasteiger partial charge in [0.1, 0.15) is 29.4 Å². The number of imidazole rings is 1. The van der Waals surface area contributed by atoms with E-state index < -0.39 is 17.8 Å². The molecule has 0 aliphatic carbocycles. The van der Waals surface area contributed by atoms with E-state index in [0.29, 0.717) is 46.1 Å². The molecule has 32 heavy (non-hydrogen) atoms. The Balaban J connectivity index is 1.36. The van der Waals surface area contributed by atoms with Crippen LogP contribution in [0.3, 0.4) is 0 Å². The number of nitrogens with zero attached hydrogens (tertiary/aromatic N) is 4. The zero-order chi connectivity index (χ0) is 22.4. The van der Waals surface area contributed by atoms with Crippen molar-refractivity contribution in [2.24, 2.45) is 0 Å². The number of carbonyl (C=O) groups is 2. The Morgan fingerprint density at radius 3 is 2.97 bits per heavy atom. The molecule has 1 aromatic carbocycles. The number of nitrogens with one attached hydrogen (secondary N) is 3. The van der Waals surface area contributed by atoms with Crippen molar-refractivity contribution in [1.82, 2.24) is 30.4 Å². The van der Waals surface area contributed by atoms with E-state index in [9.17, 15) is 14.0 Å². The lowest BCUT2D eigenvalue weighted by molar-refractivity contribution is -0.116. The summed E-state index contributed by atoms with van der Waals surface area (Å²) in [6, 6.07) is 3.75. The van der Waals surface area contributed by atoms with Crippen LogP contribution in [0.5, 0.6) is 0 Å². The molecule has 1 aliphatic heterocycles. The van der Waals surface area contributed by atoms with Gasteiger partial charge in [-0.15, -0.1) is 0 Å². The molecule has 0 saturated carbocycles. The molecule has 0 saturated heterocycles. The second-order valence-corrected chi connectivity index (χ2v) is 7.68. The van der Waals surface area contributed by atoms with Crippen LogP contribution in [0.2, 0.25) is 5.02 Å². The van der Waals surface area contributed by atoms with Gasteiger partial charge in [-0.05, 0) is 19.4 Å². The minimum absolute atomic E-state index is 0.0285. The number of benzene rings is 1. The molecule has 10 nitrogen and oxygen atoms in total. The molecule has 0 fully saturated rings. The highest BCUT2D eigenvalue weighted by atomic mass is 35.5. The van der Waals surface area contributed by atoms with E-state index >= 15 is 0 Å². The Hall–Kier alpha value is -3.86. The monoisotopic (exact) mass is 455 g/mol. The number of rotatable bonds is 4. The summed E-state index contributed by atoms with van der Waals surface area (Å²) < 4.78 is 19.0. The zero-order valence-corrected chi connectivity index (χ0v) is 17.3. The first kappa shape index (κ1) is 20.1. The lowest BCUT2D eigenvalue weighted by Gasteiger charge is -2.18. The number of carbonyl (C=O) groups excluding carboxylic acids is 2. The zero-order valence-electron chi connectivity index (χ0n) is 16.6. The maximum atomic E-state index is 13.7. The third kappa shape index (κ3) is 3.56. The Morgan fingerprint density at radius 2 is 2.12 bits per heavy atom. The van der Waals surface area contributed by atoms with Crippen molar-refractivity contribution in [3.05, 3.63) is 52.4 Å². The fraction of sp³-hybridized carbons (Fsp3) is 0.200. The first-order valence-electron chi connectivity index (χ1n) is 9.65. The number of hydrogen-bond acceptors (Lipinski definition) is 7. The summed E-state index contributed by atoms with van der Waals surface area (Å²) in [5, 5.41) is 9.40. The van der Waals surface area contributed by atoms with E-state index in [0.717, 1.165) is 0 Å². The van der Waals surface area contributed by atoms with Crippen LogP contribution in [0.25, 0.3) is 22.6 Å². The topological polar surface area (TPSA) is 139 Å². The van der Waals surface area contributed by atoms with Crippen LogP contribution in [0.4, 0.5) is 10.2 Å². The van der Waals surface area contributed by atoms with Crippen LogP contribution in [-0.4, -0.2) is 36.9 Å². The van der Waals surface area contributed by atoms with Crippen LogP contribution in [0.1, 0.15) is 41.2 Å². The van der Waals surface area contributed by atoms with Gasteiger partial charge >= 0.3 is 0 Å². The van der Waals surface area contributed by atoms with Gasteiger partial charge in [-0.3, -0.25) is 9.59 Å². The Morgan fingerprint density at radius 1 is 1.28 bits per heavy atom. The smallest absolute Gasteiger partial charge is 0.270 e. The number of amides is 2. The number of H-pyrrole nitrogens is 1. The minimum Gasteiger partial charge on any atom is -0.358 e. The molecule has 0 unspecified atom stereocenters. The molecule has 12 heteroatoms. The lowest BCUT2D eigenvalue weighted by atomic mass is 10.0. The van der Waals surface area contributed by atoms with Crippen molar-refractivity contribution in [2.75, 3.05) is 5.32 Å². The Bertz CT molecular complexity index is 1340. The summed E-state index contributed by atoms with van der Waals surface area (Å²) in [5.74, 6) is -0.0414. The highest BCUT2D eigenvalue weighted by Gasteiger charge is 2.25. The van der Waals surface area contributed by atoms with Crippen molar-refractivity contribution in [1.29, 1.82) is 0 Å². The third-order valence-electron chi connectivity index (χ3n) is 5.09. The normalized spacial score (nSPS) is 14.2. The average molecular weight is 456 g/mol. The van der Waals surface area contributed by atoms with E-state index in [-0.39, 0.29) is 23.0 Å². The molecule has 1 atom stereocenters.